The van der Waals surface area contributed by atoms with Crippen molar-refractivity contribution < 1.29 is 24.4 Å². The van der Waals surface area contributed by atoms with Gasteiger partial charge < -0.3 is 29.7 Å². The SMILES string of the molecule is CNCC(O)C(O)c1cc(OC)c(OC)c(OC)c1. The van der Waals surface area contributed by atoms with Gasteiger partial charge in [-0.1, -0.05) is 0 Å². The molecule has 1 aromatic rings. The van der Waals surface area contributed by atoms with Crippen LogP contribution in [-0.2, 0) is 0 Å². The number of hydrogen-bond acceptors (Lipinski definition) is 6. The van der Waals surface area contributed by atoms with Gasteiger partial charge in [-0.15, -0.1) is 0 Å². The second kappa shape index (κ2) is 7.18. The number of benzene rings is 1. The highest BCUT2D eigenvalue weighted by molar-refractivity contribution is 5.54. The van der Waals surface area contributed by atoms with Gasteiger partial charge in [0.15, 0.2) is 11.5 Å². The fourth-order valence-electron chi connectivity index (χ4n) is 1.82. The van der Waals surface area contributed by atoms with E-state index in [1.54, 1.807) is 19.2 Å². The lowest BCUT2D eigenvalue weighted by atomic mass is 10.0. The van der Waals surface area contributed by atoms with Gasteiger partial charge in [-0.2, -0.15) is 0 Å². The van der Waals surface area contributed by atoms with Crippen molar-refractivity contribution in [3.63, 3.8) is 0 Å². The van der Waals surface area contributed by atoms with E-state index in [0.29, 0.717) is 22.8 Å². The fraction of sp³-hybridized carbons (Fsp3) is 0.538. The number of aliphatic hydroxyl groups is 2. The summed E-state index contributed by atoms with van der Waals surface area (Å²) < 4.78 is 15.6. The summed E-state index contributed by atoms with van der Waals surface area (Å²) in [6, 6.07) is 3.23. The van der Waals surface area contributed by atoms with Crippen LogP contribution in [0.15, 0.2) is 12.1 Å². The minimum Gasteiger partial charge on any atom is -0.493 e. The van der Waals surface area contributed by atoms with Crippen molar-refractivity contribution in [2.75, 3.05) is 34.9 Å². The molecule has 108 valence electrons. The summed E-state index contributed by atoms with van der Waals surface area (Å²) in [4.78, 5) is 0. The topological polar surface area (TPSA) is 80.2 Å². The Labute approximate surface area is 112 Å². The number of likely N-dealkylation sites (N-methyl/N-ethyl adjacent to an activating group) is 1. The number of methoxy groups -OCH3 is 3. The second-order valence-corrected chi connectivity index (χ2v) is 4.03. The Bertz CT molecular complexity index is 385. The summed E-state index contributed by atoms with van der Waals surface area (Å²) >= 11 is 0. The highest BCUT2D eigenvalue weighted by Crippen LogP contribution is 2.40. The third kappa shape index (κ3) is 3.50. The average molecular weight is 271 g/mol. The molecular formula is C13H21NO5. The van der Waals surface area contributed by atoms with E-state index in [1.807, 2.05) is 0 Å². The van der Waals surface area contributed by atoms with Crippen LogP contribution >= 0.6 is 0 Å². The molecule has 0 spiro atoms. The molecule has 1 rings (SSSR count). The largest absolute Gasteiger partial charge is 0.493 e. The second-order valence-electron chi connectivity index (χ2n) is 4.03. The number of nitrogens with one attached hydrogen (secondary N) is 1. The van der Waals surface area contributed by atoms with Crippen LogP contribution < -0.4 is 19.5 Å². The molecule has 0 aromatic heterocycles. The van der Waals surface area contributed by atoms with Crippen molar-refractivity contribution in [2.24, 2.45) is 0 Å². The molecule has 0 saturated heterocycles. The lowest BCUT2D eigenvalue weighted by Gasteiger charge is -2.20. The Kier molecular flexibility index (Phi) is 5.88. The van der Waals surface area contributed by atoms with Crippen LogP contribution in [-0.4, -0.2) is 51.2 Å². The van der Waals surface area contributed by atoms with Crippen LogP contribution in [0.2, 0.25) is 0 Å². The average Bonchev–Trinajstić information content (AvgIpc) is 2.44. The van der Waals surface area contributed by atoms with Gasteiger partial charge in [0.25, 0.3) is 0 Å². The van der Waals surface area contributed by atoms with E-state index in [-0.39, 0.29) is 6.54 Å². The molecule has 0 aliphatic rings. The van der Waals surface area contributed by atoms with Crippen LogP contribution in [0.1, 0.15) is 11.7 Å². The molecule has 2 atom stereocenters. The molecule has 0 heterocycles. The summed E-state index contributed by atoms with van der Waals surface area (Å²) in [5.74, 6) is 1.32. The highest BCUT2D eigenvalue weighted by Gasteiger charge is 2.22. The van der Waals surface area contributed by atoms with Gasteiger partial charge >= 0.3 is 0 Å². The van der Waals surface area contributed by atoms with E-state index < -0.39 is 12.2 Å². The van der Waals surface area contributed by atoms with E-state index >= 15 is 0 Å². The predicted octanol–water partition coefficient (Wildman–Crippen LogP) is 0.326. The molecule has 2 unspecified atom stereocenters. The zero-order chi connectivity index (χ0) is 14.4. The van der Waals surface area contributed by atoms with Gasteiger partial charge in [0.05, 0.1) is 27.4 Å². The highest BCUT2D eigenvalue weighted by atomic mass is 16.5. The van der Waals surface area contributed by atoms with E-state index in [0.717, 1.165) is 0 Å². The van der Waals surface area contributed by atoms with Crippen molar-refractivity contribution in [2.45, 2.75) is 12.2 Å². The van der Waals surface area contributed by atoms with Gasteiger partial charge in [-0.25, -0.2) is 0 Å². The number of rotatable bonds is 7. The van der Waals surface area contributed by atoms with E-state index in [4.69, 9.17) is 14.2 Å². The predicted molar refractivity (Wildman–Crippen MR) is 71.0 cm³/mol. The van der Waals surface area contributed by atoms with Crippen molar-refractivity contribution in [3.8, 4) is 17.2 Å². The van der Waals surface area contributed by atoms with Crippen molar-refractivity contribution in [1.29, 1.82) is 0 Å². The third-order valence-electron chi connectivity index (χ3n) is 2.81. The summed E-state index contributed by atoms with van der Waals surface area (Å²) in [5, 5.41) is 22.7. The molecule has 0 aliphatic carbocycles. The normalized spacial score (nSPS) is 13.8. The number of aliphatic hydroxyl groups excluding tert-OH is 2. The summed E-state index contributed by atoms with van der Waals surface area (Å²) in [7, 11) is 6.20. The lowest BCUT2D eigenvalue weighted by Crippen LogP contribution is -2.29. The van der Waals surface area contributed by atoms with Gasteiger partial charge in [0, 0.05) is 6.54 Å². The number of ether oxygens (including phenoxy) is 3. The maximum absolute atomic E-state index is 10.1. The summed E-state index contributed by atoms with van der Waals surface area (Å²) in [5.41, 5.74) is 0.497. The van der Waals surface area contributed by atoms with Gasteiger partial charge in [0.2, 0.25) is 5.75 Å². The van der Waals surface area contributed by atoms with E-state index in [1.165, 1.54) is 21.3 Å². The van der Waals surface area contributed by atoms with Crippen LogP contribution in [0.5, 0.6) is 17.2 Å². The minimum absolute atomic E-state index is 0.276. The van der Waals surface area contributed by atoms with Crippen LogP contribution in [0.25, 0.3) is 0 Å². The molecule has 3 N–H and O–H groups in total. The quantitative estimate of drug-likeness (QED) is 0.663. The van der Waals surface area contributed by atoms with E-state index in [9.17, 15) is 10.2 Å². The first kappa shape index (κ1) is 15.6. The maximum Gasteiger partial charge on any atom is 0.203 e. The number of hydrogen-bond donors (Lipinski definition) is 3. The molecule has 0 saturated carbocycles. The molecule has 0 radical (unpaired) electrons. The van der Waals surface area contributed by atoms with E-state index in [2.05, 4.69) is 5.32 Å². The Morgan fingerprint density at radius 3 is 1.95 bits per heavy atom. The van der Waals surface area contributed by atoms with Crippen molar-refractivity contribution >= 4 is 0 Å². The standard InChI is InChI=1S/C13H21NO5/c1-14-7-9(15)12(16)8-5-10(17-2)13(19-4)11(6-8)18-3/h5-6,9,12,14-16H,7H2,1-4H3. The first-order valence-electron chi connectivity index (χ1n) is 5.89. The molecule has 0 fully saturated rings. The van der Waals surface area contributed by atoms with Gasteiger partial charge in [0.1, 0.15) is 6.10 Å². The molecular weight excluding hydrogens is 250 g/mol. The van der Waals surface area contributed by atoms with Gasteiger partial charge in [-0.3, -0.25) is 0 Å². The first-order chi connectivity index (χ1) is 9.08. The van der Waals surface area contributed by atoms with Crippen LogP contribution in [0, 0.1) is 0 Å². The zero-order valence-electron chi connectivity index (χ0n) is 11.6. The summed E-state index contributed by atoms with van der Waals surface area (Å²) in [6.45, 7) is 0.276. The van der Waals surface area contributed by atoms with Crippen LogP contribution in [0.3, 0.4) is 0 Å². The Hall–Kier alpha value is -1.50. The fourth-order valence-corrected chi connectivity index (χ4v) is 1.82. The van der Waals surface area contributed by atoms with Crippen molar-refractivity contribution in [3.05, 3.63) is 17.7 Å². The van der Waals surface area contributed by atoms with Gasteiger partial charge in [-0.05, 0) is 24.7 Å². The molecule has 0 bridgehead atoms. The maximum atomic E-state index is 10.1. The first-order valence-corrected chi connectivity index (χ1v) is 5.89. The molecule has 1 aromatic carbocycles. The Balaban J connectivity index is 3.15. The molecule has 6 heteroatoms. The lowest BCUT2D eigenvalue weighted by molar-refractivity contribution is 0.0200. The Morgan fingerprint density at radius 1 is 1.05 bits per heavy atom. The molecule has 0 aliphatic heterocycles. The molecule has 6 nitrogen and oxygen atoms in total. The van der Waals surface area contributed by atoms with Crippen LogP contribution in [0.4, 0.5) is 0 Å². The molecule has 0 amide bonds. The summed E-state index contributed by atoms with van der Waals surface area (Å²) in [6.07, 6.45) is -1.96. The monoisotopic (exact) mass is 271 g/mol. The minimum atomic E-state index is -1.04. The zero-order valence-corrected chi connectivity index (χ0v) is 11.6. The molecule has 19 heavy (non-hydrogen) atoms. The Morgan fingerprint density at radius 2 is 1.58 bits per heavy atom. The smallest absolute Gasteiger partial charge is 0.203 e. The van der Waals surface area contributed by atoms with Crippen molar-refractivity contribution in [1.82, 2.24) is 5.32 Å². The third-order valence-corrected chi connectivity index (χ3v) is 2.81.